The Labute approximate surface area is 34.2 Å². The van der Waals surface area contributed by atoms with Gasteiger partial charge in [-0.3, -0.25) is 0 Å². The molecule has 0 aliphatic heterocycles. The number of hydrogen-bond acceptors (Lipinski definition) is 1. The SMILES string of the molecule is CC#[Si]OC. The third kappa shape index (κ3) is 3.80. The van der Waals surface area contributed by atoms with E-state index < -0.39 is 0 Å². The van der Waals surface area contributed by atoms with Crippen molar-refractivity contribution < 1.29 is 4.43 Å². The molecule has 0 aromatic rings. The van der Waals surface area contributed by atoms with Crippen LogP contribution in [-0.2, 0) is 4.43 Å². The molecule has 0 unspecified atom stereocenters. The Morgan fingerprint density at radius 2 is 2.40 bits per heavy atom. The Kier molecular flexibility index (Phi) is 3.64. The van der Waals surface area contributed by atoms with Gasteiger partial charge in [-0.1, -0.05) is 0 Å². The molecule has 0 saturated carbocycles. The van der Waals surface area contributed by atoms with Crippen LogP contribution in [0.1, 0.15) is 6.92 Å². The Morgan fingerprint density at radius 3 is 2.40 bits per heavy atom. The minimum absolute atomic E-state index is 0.448. The molecule has 0 bridgehead atoms. The second-order valence-electron chi connectivity index (χ2n) is 0.556. The molecule has 0 saturated heterocycles. The van der Waals surface area contributed by atoms with Crippen LogP contribution in [0.5, 0.6) is 0 Å². The molecule has 0 aliphatic carbocycles. The van der Waals surface area contributed by atoms with Gasteiger partial charge in [0, 0.05) is 0 Å². The molecule has 0 atom stereocenters. The van der Waals surface area contributed by atoms with Crippen molar-refractivity contribution in [2.75, 3.05) is 7.11 Å². The first-order valence-electron chi connectivity index (χ1n) is 1.36. The lowest BCUT2D eigenvalue weighted by Crippen LogP contribution is -1.70. The monoisotopic (exact) mass is 86.0 g/mol. The highest BCUT2D eigenvalue weighted by Gasteiger charge is 1.45. The maximum atomic E-state index is 4.61. The second kappa shape index (κ2) is 3.80. The molecular weight excluding hydrogens is 80.1 g/mol. The summed E-state index contributed by atoms with van der Waals surface area (Å²) in [6.07, 6.45) is 0. The van der Waals surface area contributed by atoms with E-state index in [1.54, 1.807) is 7.11 Å². The van der Waals surface area contributed by atoms with Gasteiger partial charge in [-0.25, -0.2) is 0 Å². The molecular formula is C3H6OSi. The highest BCUT2D eigenvalue weighted by atomic mass is 28.2. The van der Waals surface area contributed by atoms with E-state index in [1.807, 2.05) is 6.92 Å². The summed E-state index contributed by atoms with van der Waals surface area (Å²) in [5.74, 6) is 0. The minimum Gasteiger partial charge on any atom is -0.508 e. The summed E-state index contributed by atoms with van der Waals surface area (Å²) >= 11 is 0. The van der Waals surface area contributed by atoms with E-state index >= 15 is 0 Å². The van der Waals surface area contributed by atoms with Crippen molar-refractivity contribution in [3.63, 3.8) is 0 Å². The summed E-state index contributed by atoms with van der Waals surface area (Å²) in [6.45, 7) is 1.85. The fraction of sp³-hybridized carbons (Fsp3) is 0.667. The lowest BCUT2D eigenvalue weighted by atomic mass is 11.0. The molecule has 0 aromatic heterocycles. The predicted octanol–water partition coefficient (Wildman–Crippen LogP) is 0.231. The van der Waals surface area contributed by atoms with Crippen LogP contribution in [0.2, 0.25) is 0 Å². The van der Waals surface area contributed by atoms with Gasteiger partial charge in [0.2, 0.25) is 9.20 Å². The van der Waals surface area contributed by atoms with E-state index in [9.17, 15) is 0 Å². The zero-order chi connectivity index (χ0) is 4.12. The van der Waals surface area contributed by atoms with Gasteiger partial charge in [0.05, 0.1) is 7.11 Å². The maximum Gasteiger partial charge on any atom is 0.242 e. The molecule has 5 heavy (non-hydrogen) atoms. The smallest absolute Gasteiger partial charge is 0.242 e. The first kappa shape index (κ1) is 4.80. The van der Waals surface area contributed by atoms with Crippen LogP contribution in [0.25, 0.3) is 0 Å². The third-order valence-corrected chi connectivity index (χ3v) is 0.612. The van der Waals surface area contributed by atoms with Gasteiger partial charge in [0.1, 0.15) is 0 Å². The van der Waals surface area contributed by atoms with Crippen LogP contribution < -0.4 is 0 Å². The van der Waals surface area contributed by atoms with Crippen LogP contribution in [-0.4, -0.2) is 16.3 Å². The van der Waals surface area contributed by atoms with Gasteiger partial charge in [0.25, 0.3) is 0 Å². The van der Waals surface area contributed by atoms with Gasteiger partial charge in [-0.15, -0.1) is 5.50 Å². The summed E-state index contributed by atoms with van der Waals surface area (Å²) in [6, 6.07) is 0. The molecule has 0 rings (SSSR count). The van der Waals surface area contributed by atoms with Gasteiger partial charge in [-0.2, -0.15) is 0 Å². The van der Waals surface area contributed by atoms with Crippen molar-refractivity contribution in [1.29, 1.82) is 0 Å². The largest absolute Gasteiger partial charge is 0.508 e. The molecule has 2 heteroatoms. The van der Waals surface area contributed by atoms with Crippen molar-refractivity contribution in [3.05, 3.63) is 0 Å². The van der Waals surface area contributed by atoms with E-state index in [1.165, 1.54) is 0 Å². The minimum atomic E-state index is 0.448. The zero-order valence-electron chi connectivity index (χ0n) is 3.41. The summed E-state index contributed by atoms with van der Waals surface area (Å²) in [5.41, 5.74) is 2.82. The first-order valence-corrected chi connectivity index (χ1v) is 2.27. The number of rotatable bonds is 0. The molecule has 0 fully saturated rings. The van der Waals surface area contributed by atoms with Crippen LogP contribution in [0.3, 0.4) is 0 Å². The van der Waals surface area contributed by atoms with Gasteiger partial charge >= 0.3 is 0 Å². The molecule has 1 nitrogen and oxygen atoms in total. The summed E-state index contributed by atoms with van der Waals surface area (Å²) < 4.78 is 4.61. The molecule has 0 aromatic carbocycles. The first-order chi connectivity index (χ1) is 2.41. The lowest BCUT2D eigenvalue weighted by Gasteiger charge is -1.70. The highest BCUT2D eigenvalue weighted by molar-refractivity contribution is 6.13. The van der Waals surface area contributed by atoms with Crippen LogP contribution >= 0.6 is 0 Å². The standard InChI is InChI=1S/C3H6OSi/c1-3-5-4-2/h1-2H3. The summed E-state index contributed by atoms with van der Waals surface area (Å²) in [4.78, 5) is 0. The third-order valence-electron chi connectivity index (χ3n) is 0.204. The molecule has 0 heterocycles. The van der Waals surface area contributed by atoms with Crippen LogP contribution in [0, 0.1) is 5.50 Å². The molecule has 0 amide bonds. The van der Waals surface area contributed by atoms with Crippen molar-refractivity contribution in [3.8, 4) is 5.50 Å². The van der Waals surface area contributed by atoms with Gasteiger partial charge in [-0.05, 0) is 6.92 Å². The average Bonchev–Trinajstić information content (AvgIpc) is 1.41. The fourth-order valence-electron chi connectivity index (χ4n) is 0.102. The Balaban J connectivity index is 2.81. The van der Waals surface area contributed by atoms with Crippen molar-refractivity contribution in [2.24, 2.45) is 0 Å². The fourth-order valence-corrected chi connectivity index (χ4v) is 0.306. The maximum absolute atomic E-state index is 4.61. The normalized spacial score (nSPS) is 4.40. The van der Waals surface area contributed by atoms with Crippen molar-refractivity contribution in [1.82, 2.24) is 0 Å². The van der Waals surface area contributed by atoms with Crippen LogP contribution in [0.4, 0.5) is 0 Å². The van der Waals surface area contributed by atoms with Gasteiger partial charge in [0.15, 0.2) is 0 Å². The molecule has 0 aliphatic rings. The summed E-state index contributed by atoms with van der Waals surface area (Å²) in [5, 5.41) is 0. The van der Waals surface area contributed by atoms with E-state index in [0.717, 1.165) is 0 Å². The highest BCUT2D eigenvalue weighted by Crippen LogP contribution is 1.39. The molecule has 0 spiro atoms. The van der Waals surface area contributed by atoms with Gasteiger partial charge < -0.3 is 4.43 Å². The Bertz CT molecular complexity index is 59.0. The molecule has 0 N–H and O–H groups in total. The van der Waals surface area contributed by atoms with E-state index in [4.69, 9.17) is 0 Å². The summed E-state index contributed by atoms with van der Waals surface area (Å²) in [7, 11) is 2.11. The van der Waals surface area contributed by atoms with E-state index in [2.05, 4.69) is 9.92 Å². The molecule has 0 radical (unpaired) electrons. The van der Waals surface area contributed by atoms with Crippen LogP contribution in [0.15, 0.2) is 0 Å². The quantitative estimate of drug-likeness (QED) is 0.383. The lowest BCUT2D eigenvalue weighted by molar-refractivity contribution is 0.457. The second-order valence-corrected chi connectivity index (χ2v) is 1.67. The van der Waals surface area contributed by atoms with Crippen molar-refractivity contribution >= 4 is 9.20 Å². The average molecular weight is 86.2 g/mol. The predicted molar refractivity (Wildman–Crippen MR) is 22.3 cm³/mol. The van der Waals surface area contributed by atoms with E-state index in [-0.39, 0.29) is 0 Å². The Morgan fingerprint density at radius 1 is 1.80 bits per heavy atom. The molecule has 28 valence electrons. The zero-order valence-corrected chi connectivity index (χ0v) is 4.41. The van der Waals surface area contributed by atoms with E-state index in [0.29, 0.717) is 9.20 Å². The Hall–Kier alpha value is -0.203. The topological polar surface area (TPSA) is 9.23 Å². The van der Waals surface area contributed by atoms with Crippen molar-refractivity contribution in [2.45, 2.75) is 6.92 Å². The number of hydrogen-bond donors (Lipinski definition) is 0.